The van der Waals surface area contributed by atoms with E-state index in [4.69, 9.17) is 44.0 Å². The highest BCUT2D eigenvalue weighted by atomic mass is 32.2. The Hall–Kier alpha value is -5.04. The maximum atomic E-state index is 12.3. The molecular weight excluding hydrogens is 1090 g/mol. The normalized spacial score (nSPS) is 11.7. The first kappa shape index (κ1) is 82.0. The van der Waals surface area contributed by atoms with Crippen molar-refractivity contribution in [3.63, 3.8) is 0 Å². The summed E-state index contributed by atoms with van der Waals surface area (Å²) in [4.78, 5) is 90.1. The van der Waals surface area contributed by atoms with Gasteiger partial charge in [0, 0.05) is 0 Å². The van der Waals surface area contributed by atoms with E-state index in [1.165, 1.54) is 72.4 Å². The van der Waals surface area contributed by atoms with Crippen LogP contribution in [-0.4, -0.2) is 225 Å². The fourth-order valence-corrected chi connectivity index (χ4v) is 3.65. The number of halogens is 6. The molecule has 0 aliphatic heterocycles. The molecule has 0 saturated heterocycles. The number of ether oxygens (including phenoxy) is 3. The van der Waals surface area contributed by atoms with Gasteiger partial charge in [-0.25, -0.2) is 43.2 Å². The quantitative estimate of drug-likeness (QED) is 0.0135. The molecule has 73 heavy (non-hydrogen) atoms. The molecule has 0 aliphatic carbocycles. The first-order chi connectivity index (χ1) is 32.3. The number of carboxylic acids is 3. The Balaban J connectivity index is -0.000000144. The number of carbonyl (C=O) groups excluding carboxylic acids is 6. The maximum Gasteiger partial charge on any atom is 0.466 e. The summed E-state index contributed by atoms with van der Waals surface area (Å²) in [7, 11) is -14.4. The van der Waals surface area contributed by atoms with Gasteiger partial charge in [-0.2, -0.15) is 51.6 Å². The molecule has 40 heteroatoms. The number of esters is 6. The van der Waals surface area contributed by atoms with Crippen LogP contribution >= 0.6 is 0 Å². The zero-order chi connectivity index (χ0) is 60.8. The summed E-state index contributed by atoms with van der Waals surface area (Å²) in [6, 6.07) is 0. The predicted octanol–water partition coefficient (Wildman–Crippen LogP) is -3.61. The minimum absolute atomic E-state index is 1.21. The molecule has 6 N–H and O–H groups in total. The molecule has 0 saturated carbocycles. The predicted molar refractivity (Wildman–Crippen MR) is 225 cm³/mol. The van der Waals surface area contributed by atoms with Crippen molar-refractivity contribution >= 4 is 91.4 Å². The smallest absolute Gasteiger partial charge is 0.466 e. The lowest BCUT2D eigenvalue weighted by atomic mass is 10.3. The lowest BCUT2D eigenvalue weighted by Gasteiger charge is -2.35. The Bertz CT molecular complexity index is 1890. The summed E-state index contributed by atoms with van der Waals surface area (Å²) in [5.41, 5.74) is 0. The molecule has 432 valence electrons. The van der Waals surface area contributed by atoms with Gasteiger partial charge in [0.1, 0.15) is 0 Å². The van der Waals surface area contributed by atoms with Crippen molar-refractivity contribution in [3.05, 3.63) is 0 Å². The van der Waals surface area contributed by atoms with Crippen LogP contribution in [0, 0.1) is 0 Å². The third-order valence-corrected chi connectivity index (χ3v) is 12.1. The summed E-state index contributed by atoms with van der Waals surface area (Å²) >= 11 is 0. The largest absolute Gasteiger partial charge is 0.907 e. The first-order valence-corrected chi connectivity index (χ1v) is 24.1. The lowest BCUT2D eigenvalue weighted by molar-refractivity contribution is -0.904. The van der Waals surface area contributed by atoms with Crippen molar-refractivity contribution in [1.82, 2.24) is 0 Å². The van der Waals surface area contributed by atoms with Crippen LogP contribution in [0.3, 0.4) is 0 Å². The highest BCUT2D eigenvalue weighted by molar-refractivity contribution is 7.88. The Labute approximate surface area is 415 Å². The monoisotopic (exact) mass is 1150 g/mol. The van der Waals surface area contributed by atoms with Crippen LogP contribution < -0.4 is 15.1 Å². The minimum Gasteiger partial charge on any atom is -0.907 e. The van der Waals surface area contributed by atoms with E-state index in [0.717, 1.165) is 0 Å². The van der Waals surface area contributed by atoms with E-state index in [9.17, 15) is 94.7 Å². The third-order valence-electron chi connectivity index (χ3n) is 9.64. The Morgan fingerprint density at radius 1 is 0.397 bits per heavy atom. The van der Waals surface area contributed by atoms with Gasteiger partial charge in [0.25, 0.3) is 0 Å². The van der Waals surface area contributed by atoms with E-state index in [2.05, 4.69) is 97.7 Å². The number of alkyl halides is 6. The number of quaternary nitrogens is 3. The molecule has 0 aliphatic rings. The highest BCUT2D eigenvalue weighted by Crippen LogP contribution is 2.24. The van der Waals surface area contributed by atoms with Crippen LogP contribution in [0.25, 0.3) is 0 Å². The second-order valence-corrected chi connectivity index (χ2v) is 18.3. The summed E-state index contributed by atoms with van der Waals surface area (Å²) in [5, 5.41) is 32.5. The summed E-state index contributed by atoms with van der Waals surface area (Å²) < 4.78 is 169. The molecule has 0 heterocycles. The van der Waals surface area contributed by atoms with Gasteiger partial charge in [0.15, 0.2) is 0 Å². The fraction of sp³-hybridized carbons (Fsp3) is 0.727. The molecule has 0 bridgehead atoms. The molecule has 0 amide bonds. The number of nitrogens with zero attached hydrogens (tertiary/aromatic N) is 3. The first-order valence-electron chi connectivity index (χ1n) is 19.8. The number of aliphatic carboxylic acids is 3. The number of hydrogen-bond donors (Lipinski definition) is 6. The third kappa shape index (κ3) is 34.2. The van der Waals surface area contributed by atoms with Crippen LogP contribution in [0.2, 0.25) is 0 Å². The van der Waals surface area contributed by atoms with Crippen LogP contribution in [0.1, 0.15) is 62.3 Å². The van der Waals surface area contributed by atoms with Crippen molar-refractivity contribution in [2.75, 3.05) is 80.0 Å². The Morgan fingerprint density at radius 3 is 0.562 bits per heavy atom. The highest BCUT2D eigenvalue weighted by Gasteiger charge is 2.57. The Kier molecular flexibility index (Phi) is 39.6. The topological polar surface area (TPSA) is 474 Å². The standard InChI is InChI=1S/3C7H18N.3C4H2F2O8S.BO3/c3*1-5-8(4,6-2)7-3;3*5-4(6,15(11,12)13)3(10)14-2(9)1(7)8;2-1(3)4/h3*5-7H2,1-4H3;3*(H,7,8)(H,11,12,13);/q3*+1;;;;-3. The maximum absolute atomic E-state index is 12.3. The molecule has 0 aromatic heterocycles. The van der Waals surface area contributed by atoms with Gasteiger partial charge in [0.2, 0.25) is 0 Å². The molecule has 0 aromatic rings. The van der Waals surface area contributed by atoms with Crippen molar-refractivity contribution < 1.29 is 166 Å². The van der Waals surface area contributed by atoms with Gasteiger partial charge < -0.3 is 58.1 Å². The molecule has 0 aromatic carbocycles. The van der Waals surface area contributed by atoms with E-state index < -0.39 is 107 Å². The van der Waals surface area contributed by atoms with Gasteiger partial charge in [-0.15, -0.1) is 0 Å². The van der Waals surface area contributed by atoms with E-state index in [0.29, 0.717) is 0 Å². The number of hydrogen-bond acceptors (Lipinski definition) is 21. The molecule has 0 fully saturated rings. The van der Waals surface area contributed by atoms with Gasteiger partial charge in [-0.3, -0.25) is 21.0 Å². The molecular formula is C33H60BF6N3O27S3. The van der Waals surface area contributed by atoms with Crippen molar-refractivity contribution in [2.45, 2.75) is 78.1 Å². The van der Waals surface area contributed by atoms with Gasteiger partial charge >= 0.3 is 99.8 Å². The van der Waals surface area contributed by atoms with E-state index >= 15 is 0 Å². The van der Waals surface area contributed by atoms with Crippen LogP contribution in [0.15, 0.2) is 0 Å². The van der Waals surface area contributed by atoms with E-state index in [1.54, 1.807) is 0 Å². The fourth-order valence-electron chi connectivity index (χ4n) is 2.89. The van der Waals surface area contributed by atoms with Crippen LogP contribution in [0.5, 0.6) is 0 Å². The van der Waals surface area contributed by atoms with Gasteiger partial charge in [-0.05, 0) is 62.3 Å². The number of carboxylic acid groups (broad SMARTS) is 3. The number of rotatable bonds is 15. The Morgan fingerprint density at radius 2 is 0.507 bits per heavy atom. The second kappa shape index (κ2) is 35.2. The lowest BCUT2D eigenvalue weighted by Crippen LogP contribution is -2.56. The van der Waals surface area contributed by atoms with Gasteiger partial charge in [0.05, 0.1) is 80.0 Å². The zero-order valence-electron chi connectivity index (χ0n) is 41.0. The van der Waals surface area contributed by atoms with Crippen molar-refractivity contribution in [3.8, 4) is 0 Å². The SMILES string of the molecule is CC[N+](C)(CC)CC.CC[N+](C)(CC)CC.CC[N+](C)(CC)CC.O=C(O)C(=O)OC(=O)C(F)(F)S(=O)(=O)O.O=C(O)C(=O)OC(=O)C(F)(F)S(=O)(=O)O.O=C(O)C(=O)OC(=O)C(F)(F)S(=O)(=O)O.[O-]B([O-])[O-]. The van der Waals surface area contributed by atoms with Crippen LogP contribution in [-0.2, 0) is 87.7 Å². The molecule has 0 spiro atoms. The molecule has 0 radical (unpaired) electrons. The summed E-state index contributed by atoms with van der Waals surface area (Å²) in [5.74, 6) is -23.3. The minimum atomic E-state index is -6.13. The van der Waals surface area contributed by atoms with E-state index in [1.807, 2.05) is 0 Å². The average Bonchev–Trinajstić information content (AvgIpc) is 3.27. The van der Waals surface area contributed by atoms with Crippen molar-refractivity contribution in [1.29, 1.82) is 0 Å². The van der Waals surface area contributed by atoms with E-state index in [-0.39, 0.29) is 0 Å². The molecule has 30 nitrogen and oxygen atoms in total. The molecule has 0 unspecified atom stereocenters. The zero-order valence-corrected chi connectivity index (χ0v) is 43.5. The summed E-state index contributed by atoms with van der Waals surface area (Å²) in [6.45, 7) is 31.5. The summed E-state index contributed by atoms with van der Waals surface area (Å²) in [6.07, 6.45) is 0. The van der Waals surface area contributed by atoms with Gasteiger partial charge in [-0.1, -0.05) is 0 Å². The number of carbonyl (C=O) groups is 9. The average molecular weight is 1150 g/mol. The molecule has 0 atom stereocenters. The van der Waals surface area contributed by atoms with Crippen molar-refractivity contribution in [2.24, 2.45) is 0 Å². The molecule has 0 rings (SSSR count). The second-order valence-electron chi connectivity index (χ2n) is 13.9. The van der Waals surface area contributed by atoms with Crippen LogP contribution in [0.4, 0.5) is 26.3 Å².